The predicted octanol–water partition coefficient (Wildman–Crippen LogP) is 4.68. The smallest absolute Gasteiger partial charge is 0.200 e. The normalized spacial score (nSPS) is 17.9. The summed E-state index contributed by atoms with van der Waals surface area (Å²) < 4.78 is 12.1. The highest BCUT2D eigenvalue weighted by atomic mass is 16.5. The van der Waals surface area contributed by atoms with Gasteiger partial charge in [-0.15, -0.1) is 0 Å². The third kappa shape index (κ3) is 2.64. The molecule has 7 nitrogen and oxygen atoms in total. The Labute approximate surface area is 183 Å². The summed E-state index contributed by atoms with van der Waals surface area (Å²) in [7, 11) is 0. The average molecular weight is 434 g/mol. The monoisotopic (exact) mass is 434 g/mol. The van der Waals surface area contributed by atoms with Crippen molar-refractivity contribution in [3.8, 4) is 40.1 Å². The van der Waals surface area contributed by atoms with E-state index >= 15 is 0 Å². The van der Waals surface area contributed by atoms with Gasteiger partial charge in [0.2, 0.25) is 0 Å². The lowest BCUT2D eigenvalue weighted by Crippen LogP contribution is -2.27. The fourth-order valence-corrected chi connectivity index (χ4v) is 4.58. The van der Waals surface area contributed by atoms with Crippen molar-refractivity contribution in [3.63, 3.8) is 0 Å². The predicted molar refractivity (Wildman–Crippen MR) is 120 cm³/mol. The number of ether oxygens (including phenoxy) is 1. The summed E-state index contributed by atoms with van der Waals surface area (Å²) in [5.41, 5.74) is 0.789. The zero-order chi connectivity index (χ0) is 23.1. The van der Waals surface area contributed by atoms with E-state index < -0.39 is 28.4 Å². The van der Waals surface area contributed by atoms with Crippen LogP contribution in [0.5, 0.6) is 28.7 Å². The standard InChI is InChI=1S/C25H22O7/c1-10(2)12-7-13-21(29)20-15(27)9-17-11(5-6-25(3,4)32-17)23(20)31-24(13)19-14(26)8-16(28)22(30)18(12)19/h5-6,8-9,12,26-28,30H,1,7H2,2-4H3/t12-/m1/s1. The highest BCUT2D eigenvalue weighted by Gasteiger charge is 2.37. The van der Waals surface area contributed by atoms with Gasteiger partial charge in [-0.3, -0.25) is 4.79 Å². The number of phenols is 4. The van der Waals surface area contributed by atoms with Crippen molar-refractivity contribution < 1.29 is 29.6 Å². The number of aromatic hydroxyl groups is 4. The molecule has 0 bridgehead atoms. The van der Waals surface area contributed by atoms with Crippen LogP contribution < -0.4 is 10.2 Å². The van der Waals surface area contributed by atoms with Crippen LogP contribution in [0.25, 0.3) is 28.4 Å². The third-order valence-electron chi connectivity index (χ3n) is 6.14. The van der Waals surface area contributed by atoms with E-state index in [1.165, 1.54) is 6.07 Å². The van der Waals surface area contributed by atoms with Gasteiger partial charge in [-0.2, -0.15) is 0 Å². The Morgan fingerprint density at radius 1 is 1.12 bits per heavy atom. The molecule has 1 atom stereocenters. The fraction of sp³-hybridized carbons (Fsp3) is 0.240. The molecule has 32 heavy (non-hydrogen) atoms. The van der Waals surface area contributed by atoms with E-state index in [9.17, 15) is 25.2 Å². The van der Waals surface area contributed by atoms with Crippen molar-refractivity contribution in [3.05, 3.63) is 57.3 Å². The second-order valence-electron chi connectivity index (χ2n) is 8.94. The summed E-state index contributed by atoms with van der Waals surface area (Å²) >= 11 is 0. The number of benzene rings is 2. The molecule has 2 heterocycles. The largest absolute Gasteiger partial charge is 0.507 e. The van der Waals surface area contributed by atoms with E-state index in [2.05, 4.69) is 6.58 Å². The zero-order valence-corrected chi connectivity index (χ0v) is 17.8. The highest BCUT2D eigenvalue weighted by molar-refractivity contribution is 5.96. The van der Waals surface area contributed by atoms with Crippen molar-refractivity contribution >= 4 is 17.0 Å². The molecule has 0 amide bonds. The van der Waals surface area contributed by atoms with Crippen LogP contribution in [0.2, 0.25) is 0 Å². The maximum absolute atomic E-state index is 13.5. The fourth-order valence-electron chi connectivity index (χ4n) is 4.58. The van der Waals surface area contributed by atoms with Crippen LogP contribution in [0.3, 0.4) is 0 Å². The molecule has 1 aliphatic heterocycles. The molecule has 164 valence electrons. The first-order valence-electron chi connectivity index (χ1n) is 10.2. The number of rotatable bonds is 1. The van der Waals surface area contributed by atoms with Gasteiger partial charge in [0.1, 0.15) is 34.0 Å². The molecule has 0 saturated carbocycles. The molecule has 5 rings (SSSR count). The number of fused-ring (bicyclic) bond motifs is 6. The molecule has 0 fully saturated rings. The van der Waals surface area contributed by atoms with Gasteiger partial charge in [-0.1, -0.05) is 12.2 Å². The van der Waals surface area contributed by atoms with Gasteiger partial charge in [-0.25, -0.2) is 0 Å². The molecule has 2 aromatic carbocycles. The number of allylic oxidation sites excluding steroid dienone is 1. The highest BCUT2D eigenvalue weighted by Crippen LogP contribution is 2.53. The molecule has 2 aliphatic rings. The van der Waals surface area contributed by atoms with Gasteiger partial charge in [0, 0.05) is 29.2 Å². The summed E-state index contributed by atoms with van der Waals surface area (Å²) in [5.74, 6) is -1.59. The minimum Gasteiger partial charge on any atom is -0.507 e. The van der Waals surface area contributed by atoms with E-state index in [4.69, 9.17) is 9.15 Å². The Bertz CT molecular complexity index is 1440. The molecule has 1 aromatic heterocycles. The van der Waals surface area contributed by atoms with Gasteiger partial charge in [0.15, 0.2) is 22.5 Å². The van der Waals surface area contributed by atoms with Gasteiger partial charge in [0.05, 0.1) is 11.1 Å². The molecule has 0 unspecified atom stereocenters. The maximum Gasteiger partial charge on any atom is 0.200 e. The van der Waals surface area contributed by atoms with E-state index in [0.717, 1.165) is 6.07 Å². The van der Waals surface area contributed by atoms with Crippen molar-refractivity contribution in [1.29, 1.82) is 0 Å². The first-order chi connectivity index (χ1) is 15.0. The minimum atomic E-state index is -0.607. The zero-order valence-electron chi connectivity index (χ0n) is 17.8. The second kappa shape index (κ2) is 6.32. The van der Waals surface area contributed by atoms with Crippen LogP contribution in [0.1, 0.15) is 43.4 Å². The number of phenolic OH excluding ortho intramolecular Hbond substituents is 4. The molecular formula is C25H22O7. The first kappa shape index (κ1) is 20.1. The lowest BCUT2D eigenvalue weighted by atomic mass is 9.77. The van der Waals surface area contributed by atoms with Crippen LogP contribution >= 0.6 is 0 Å². The third-order valence-corrected chi connectivity index (χ3v) is 6.14. The van der Waals surface area contributed by atoms with Gasteiger partial charge in [0.25, 0.3) is 0 Å². The van der Waals surface area contributed by atoms with E-state index in [1.807, 2.05) is 19.9 Å². The maximum atomic E-state index is 13.5. The summed E-state index contributed by atoms with van der Waals surface area (Å²) in [4.78, 5) is 13.5. The number of hydrogen-bond acceptors (Lipinski definition) is 7. The Morgan fingerprint density at radius 2 is 1.84 bits per heavy atom. The molecule has 0 radical (unpaired) electrons. The SMILES string of the molecule is C=C(C)[C@H]1Cc2c(oc3c4c(cc(O)c3c2=O)OC(C)(C)C=C4)-c2c(O)cc(O)c(O)c21. The van der Waals surface area contributed by atoms with Crippen molar-refractivity contribution in [2.45, 2.75) is 38.7 Å². The van der Waals surface area contributed by atoms with Gasteiger partial charge < -0.3 is 29.6 Å². The Balaban J connectivity index is 1.93. The summed E-state index contributed by atoms with van der Waals surface area (Å²) in [5, 5.41) is 42.1. The Kier molecular flexibility index (Phi) is 3.96. The van der Waals surface area contributed by atoms with Crippen molar-refractivity contribution in [2.24, 2.45) is 0 Å². The van der Waals surface area contributed by atoms with E-state index in [0.29, 0.717) is 16.9 Å². The van der Waals surface area contributed by atoms with Crippen LogP contribution in [0.15, 0.2) is 39.6 Å². The summed E-state index contributed by atoms with van der Waals surface area (Å²) in [6.45, 7) is 9.40. The Hall–Kier alpha value is -3.87. The average Bonchev–Trinajstić information content (AvgIpc) is 2.69. The second-order valence-corrected chi connectivity index (χ2v) is 8.94. The van der Waals surface area contributed by atoms with E-state index in [1.54, 1.807) is 13.0 Å². The minimum absolute atomic E-state index is 0.0156. The van der Waals surface area contributed by atoms with Crippen molar-refractivity contribution in [2.75, 3.05) is 0 Å². The quantitative estimate of drug-likeness (QED) is 0.249. The molecular weight excluding hydrogens is 412 g/mol. The molecule has 3 aromatic rings. The van der Waals surface area contributed by atoms with E-state index in [-0.39, 0.29) is 51.3 Å². The molecule has 0 saturated heterocycles. The first-order valence-corrected chi connectivity index (χ1v) is 10.2. The van der Waals surface area contributed by atoms with Gasteiger partial charge in [-0.05, 0) is 39.3 Å². The molecule has 4 N–H and O–H groups in total. The summed E-state index contributed by atoms with van der Waals surface area (Å²) in [6, 6.07) is 2.41. The van der Waals surface area contributed by atoms with Crippen molar-refractivity contribution in [1.82, 2.24) is 0 Å². The van der Waals surface area contributed by atoms with Crippen LogP contribution in [-0.4, -0.2) is 26.0 Å². The number of hydrogen-bond donors (Lipinski definition) is 4. The van der Waals surface area contributed by atoms with Crippen LogP contribution in [0.4, 0.5) is 0 Å². The molecule has 1 aliphatic carbocycles. The van der Waals surface area contributed by atoms with Crippen LogP contribution in [-0.2, 0) is 6.42 Å². The lowest BCUT2D eigenvalue weighted by Gasteiger charge is -2.30. The van der Waals surface area contributed by atoms with Gasteiger partial charge >= 0.3 is 0 Å². The topological polar surface area (TPSA) is 120 Å². The Morgan fingerprint density at radius 3 is 2.53 bits per heavy atom. The van der Waals surface area contributed by atoms with Crippen LogP contribution in [0, 0.1) is 0 Å². The summed E-state index contributed by atoms with van der Waals surface area (Å²) in [6.07, 6.45) is 3.71. The molecule has 0 spiro atoms. The lowest BCUT2D eigenvalue weighted by molar-refractivity contribution is 0.158. The molecule has 7 heteroatoms.